The Labute approximate surface area is 160 Å². The highest BCUT2D eigenvalue weighted by Gasteiger charge is 2.24. The van der Waals surface area contributed by atoms with Crippen molar-refractivity contribution in [3.05, 3.63) is 59.7 Å². The van der Waals surface area contributed by atoms with Gasteiger partial charge in [0, 0.05) is 12.3 Å². The van der Waals surface area contributed by atoms with Gasteiger partial charge >= 0.3 is 0 Å². The van der Waals surface area contributed by atoms with Crippen LogP contribution in [0.1, 0.15) is 36.5 Å². The molecular formula is C20H25NO5S. The van der Waals surface area contributed by atoms with Crippen molar-refractivity contribution in [3.63, 3.8) is 0 Å². The van der Waals surface area contributed by atoms with Crippen molar-refractivity contribution in [2.75, 3.05) is 18.9 Å². The van der Waals surface area contributed by atoms with Crippen LogP contribution < -0.4 is 5.73 Å². The molecule has 0 aliphatic carbocycles. The molecule has 146 valence electrons. The second-order valence-electron chi connectivity index (χ2n) is 6.64. The van der Waals surface area contributed by atoms with Gasteiger partial charge in [-0.3, -0.25) is 4.18 Å². The molecule has 2 atom stereocenters. The Morgan fingerprint density at radius 2 is 1.81 bits per heavy atom. The predicted molar refractivity (Wildman–Crippen MR) is 103 cm³/mol. The molecule has 6 nitrogen and oxygen atoms in total. The largest absolute Gasteiger partial charge is 0.399 e. The highest BCUT2D eigenvalue weighted by Crippen LogP contribution is 2.26. The normalized spacial score (nSPS) is 18.9. The maximum absolute atomic E-state index is 12.5. The van der Waals surface area contributed by atoms with Gasteiger partial charge in [0.25, 0.3) is 10.1 Å². The third kappa shape index (κ3) is 5.52. The van der Waals surface area contributed by atoms with Crippen LogP contribution in [0, 0.1) is 6.92 Å². The molecule has 7 heteroatoms. The Hall–Kier alpha value is -1.93. The van der Waals surface area contributed by atoms with Crippen LogP contribution in [0.25, 0.3) is 0 Å². The number of nitrogens with two attached hydrogens (primary N) is 1. The fourth-order valence-corrected chi connectivity index (χ4v) is 3.76. The molecule has 2 aromatic rings. The first-order valence-corrected chi connectivity index (χ1v) is 10.4. The zero-order valence-electron chi connectivity index (χ0n) is 15.3. The molecule has 1 aliphatic rings. The number of nitrogen functional groups attached to an aromatic ring is 1. The fraction of sp³-hybridized carbons (Fsp3) is 0.400. The number of benzene rings is 2. The smallest absolute Gasteiger partial charge is 0.297 e. The second kappa shape index (κ2) is 8.84. The summed E-state index contributed by atoms with van der Waals surface area (Å²) in [6.45, 7) is 2.40. The van der Waals surface area contributed by atoms with Crippen molar-refractivity contribution < 1.29 is 22.1 Å². The van der Waals surface area contributed by atoms with E-state index < -0.39 is 16.2 Å². The Morgan fingerprint density at radius 3 is 2.44 bits per heavy atom. The summed E-state index contributed by atoms with van der Waals surface area (Å²) in [6, 6.07) is 13.7. The van der Waals surface area contributed by atoms with Gasteiger partial charge in [0.2, 0.25) is 0 Å². The lowest BCUT2D eigenvalue weighted by Gasteiger charge is -2.28. The van der Waals surface area contributed by atoms with E-state index in [1.54, 1.807) is 24.3 Å². The van der Waals surface area contributed by atoms with E-state index in [1.807, 2.05) is 19.1 Å². The molecule has 1 saturated heterocycles. The number of hydrogen-bond acceptors (Lipinski definition) is 6. The summed E-state index contributed by atoms with van der Waals surface area (Å²) in [6.07, 6.45) is 1.85. The van der Waals surface area contributed by atoms with Gasteiger partial charge in [0.05, 0.1) is 11.5 Å². The molecule has 0 bridgehead atoms. The Bertz CT molecular complexity index is 828. The number of aryl methyl sites for hydroxylation is 1. The van der Waals surface area contributed by atoms with Gasteiger partial charge < -0.3 is 15.2 Å². The third-order valence-electron chi connectivity index (χ3n) is 4.45. The van der Waals surface area contributed by atoms with E-state index in [9.17, 15) is 8.42 Å². The Kier molecular flexibility index (Phi) is 6.49. The first kappa shape index (κ1) is 19.8. The van der Waals surface area contributed by atoms with Crippen LogP contribution in [0.2, 0.25) is 0 Å². The van der Waals surface area contributed by atoms with Crippen LogP contribution in [0.15, 0.2) is 53.4 Å². The quantitative estimate of drug-likeness (QED) is 0.573. The zero-order chi connectivity index (χ0) is 19.3. The minimum Gasteiger partial charge on any atom is -0.399 e. The predicted octanol–water partition coefficient (Wildman–Crippen LogP) is 3.57. The lowest BCUT2D eigenvalue weighted by Crippen LogP contribution is -2.27. The fourth-order valence-electron chi connectivity index (χ4n) is 2.85. The molecule has 27 heavy (non-hydrogen) atoms. The monoisotopic (exact) mass is 391 g/mol. The maximum atomic E-state index is 12.5. The van der Waals surface area contributed by atoms with Crippen LogP contribution in [0.4, 0.5) is 5.69 Å². The van der Waals surface area contributed by atoms with Crippen molar-refractivity contribution in [1.29, 1.82) is 0 Å². The average Bonchev–Trinajstić information content (AvgIpc) is 2.67. The molecule has 0 amide bonds. The number of ether oxygens (including phenoxy) is 2. The van der Waals surface area contributed by atoms with E-state index in [0.717, 1.165) is 30.4 Å². The van der Waals surface area contributed by atoms with E-state index in [4.69, 9.17) is 19.4 Å². The van der Waals surface area contributed by atoms with E-state index in [1.165, 1.54) is 12.1 Å². The molecule has 2 unspecified atom stereocenters. The molecule has 1 heterocycles. The van der Waals surface area contributed by atoms with Crippen molar-refractivity contribution in [2.45, 2.75) is 43.5 Å². The lowest BCUT2D eigenvalue weighted by molar-refractivity contribution is -0.195. The summed E-state index contributed by atoms with van der Waals surface area (Å²) >= 11 is 0. The molecule has 1 fully saturated rings. The maximum Gasteiger partial charge on any atom is 0.297 e. The molecule has 0 aromatic heterocycles. The summed E-state index contributed by atoms with van der Waals surface area (Å²) in [4.78, 5) is 0.123. The van der Waals surface area contributed by atoms with Crippen LogP contribution in [-0.4, -0.2) is 27.9 Å². The van der Waals surface area contributed by atoms with Crippen LogP contribution in [0.5, 0.6) is 0 Å². The van der Waals surface area contributed by atoms with Crippen molar-refractivity contribution in [3.8, 4) is 0 Å². The highest BCUT2D eigenvalue weighted by molar-refractivity contribution is 7.86. The van der Waals surface area contributed by atoms with Gasteiger partial charge in [-0.25, -0.2) is 0 Å². The minimum absolute atomic E-state index is 0.123. The molecule has 1 aliphatic heterocycles. The summed E-state index contributed by atoms with van der Waals surface area (Å²) in [7, 11) is -3.87. The average molecular weight is 391 g/mol. The van der Waals surface area contributed by atoms with Gasteiger partial charge in [0.1, 0.15) is 6.10 Å². The molecular weight excluding hydrogens is 366 g/mol. The van der Waals surface area contributed by atoms with Gasteiger partial charge in [-0.1, -0.05) is 29.8 Å². The van der Waals surface area contributed by atoms with Gasteiger partial charge in [-0.05, 0) is 56.0 Å². The van der Waals surface area contributed by atoms with Gasteiger partial charge in [0.15, 0.2) is 6.29 Å². The van der Waals surface area contributed by atoms with E-state index in [-0.39, 0.29) is 17.8 Å². The SMILES string of the molecule is Cc1ccc(S(=O)(=O)OCC(OC2CCCCO2)c2ccc(N)cc2)cc1. The summed E-state index contributed by atoms with van der Waals surface area (Å²) in [5, 5.41) is 0. The lowest BCUT2D eigenvalue weighted by atomic mass is 10.1. The Morgan fingerprint density at radius 1 is 1.11 bits per heavy atom. The molecule has 2 aromatic carbocycles. The van der Waals surface area contributed by atoms with Crippen molar-refractivity contribution in [1.82, 2.24) is 0 Å². The number of rotatable bonds is 7. The molecule has 2 N–H and O–H groups in total. The third-order valence-corrected chi connectivity index (χ3v) is 5.74. The Balaban J connectivity index is 1.73. The zero-order valence-corrected chi connectivity index (χ0v) is 16.2. The van der Waals surface area contributed by atoms with Crippen molar-refractivity contribution in [2.24, 2.45) is 0 Å². The topological polar surface area (TPSA) is 87.9 Å². The molecule has 0 radical (unpaired) electrons. The first-order chi connectivity index (χ1) is 12.9. The summed E-state index contributed by atoms with van der Waals surface area (Å²) in [5.74, 6) is 0. The standard InChI is InChI=1S/C20H25NO5S/c1-15-5-11-18(12-6-15)27(22,23)25-14-19(16-7-9-17(21)10-8-16)26-20-4-2-3-13-24-20/h5-12,19-20H,2-4,13-14,21H2,1H3. The van der Waals surface area contributed by atoms with Gasteiger partial charge in [-0.15, -0.1) is 0 Å². The van der Waals surface area contributed by atoms with E-state index in [0.29, 0.717) is 12.3 Å². The van der Waals surface area contributed by atoms with E-state index >= 15 is 0 Å². The minimum atomic E-state index is -3.87. The number of anilines is 1. The summed E-state index contributed by atoms with van der Waals surface area (Å²) < 4.78 is 41.9. The summed E-state index contributed by atoms with van der Waals surface area (Å²) in [5.41, 5.74) is 8.14. The van der Waals surface area contributed by atoms with Crippen LogP contribution >= 0.6 is 0 Å². The molecule has 3 rings (SSSR count). The molecule has 0 saturated carbocycles. The van der Waals surface area contributed by atoms with Crippen LogP contribution in [0.3, 0.4) is 0 Å². The van der Waals surface area contributed by atoms with E-state index in [2.05, 4.69) is 0 Å². The second-order valence-corrected chi connectivity index (χ2v) is 8.25. The highest BCUT2D eigenvalue weighted by atomic mass is 32.2. The number of hydrogen-bond donors (Lipinski definition) is 1. The van der Waals surface area contributed by atoms with Crippen molar-refractivity contribution >= 4 is 15.8 Å². The first-order valence-electron chi connectivity index (χ1n) is 9.03. The molecule has 0 spiro atoms. The van der Waals surface area contributed by atoms with Gasteiger partial charge in [-0.2, -0.15) is 8.42 Å². The van der Waals surface area contributed by atoms with Crippen LogP contribution in [-0.2, 0) is 23.8 Å².